The van der Waals surface area contributed by atoms with Crippen molar-refractivity contribution < 1.29 is 10.1 Å². The van der Waals surface area contributed by atoms with Crippen LogP contribution in [0.3, 0.4) is 0 Å². The Hall–Kier alpha value is -2.42. The molecule has 1 aromatic carbocycles. The summed E-state index contributed by atoms with van der Waals surface area (Å²) < 4.78 is 2.19. The zero-order valence-electron chi connectivity index (χ0n) is 9.39. The lowest BCUT2D eigenvalue weighted by Crippen LogP contribution is -2.17. The minimum Gasteiger partial charge on any atom is -0.409 e. The smallest absolute Gasteiger partial charge is 0.270 e. The van der Waals surface area contributed by atoms with Gasteiger partial charge >= 0.3 is 0 Å². The normalized spacial score (nSPS) is 11.5. The predicted octanol–water partition coefficient (Wildman–Crippen LogP) is 1.64. The standard InChI is InChI=1S/C10H8BrN5O3/c11-6-4-13-15(5-6)9-2-1-7(16(18)19)3-8(9)10(12)14-17/h1-5,17H,(H2,12,14). The second kappa shape index (κ2) is 5.06. The molecule has 8 nitrogen and oxygen atoms in total. The molecule has 0 unspecified atom stereocenters. The van der Waals surface area contributed by atoms with Crippen LogP contribution in [0.1, 0.15) is 5.56 Å². The second-order valence-electron chi connectivity index (χ2n) is 3.55. The van der Waals surface area contributed by atoms with Crippen LogP contribution in [0.2, 0.25) is 0 Å². The van der Waals surface area contributed by atoms with Gasteiger partial charge in [0.15, 0.2) is 5.84 Å². The first-order valence-electron chi connectivity index (χ1n) is 5.00. The predicted molar refractivity (Wildman–Crippen MR) is 70.4 cm³/mol. The van der Waals surface area contributed by atoms with Crippen molar-refractivity contribution in [3.8, 4) is 5.69 Å². The summed E-state index contributed by atoms with van der Waals surface area (Å²) in [6, 6.07) is 4.02. The van der Waals surface area contributed by atoms with Crippen LogP contribution in [0.25, 0.3) is 5.69 Å². The monoisotopic (exact) mass is 325 g/mol. The van der Waals surface area contributed by atoms with Crippen molar-refractivity contribution in [3.63, 3.8) is 0 Å². The molecule has 98 valence electrons. The molecule has 3 N–H and O–H groups in total. The Balaban J connectivity index is 2.63. The SMILES string of the molecule is N/C(=N/O)c1cc([N+](=O)[O-])ccc1-n1cc(Br)cn1. The third-order valence-corrected chi connectivity index (χ3v) is 2.78. The van der Waals surface area contributed by atoms with Gasteiger partial charge in [0.1, 0.15) is 0 Å². The first-order valence-corrected chi connectivity index (χ1v) is 5.79. The Labute approximate surface area is 115 Å². The quantitative estimate of drug-likeness (QED) is 0.292. The summed E-state index contributed by atoms with van der Waals surface area (Å²) in [4.78, 5) is 10.2. The number of hydrogen-bond donors (Lipinski definition) is 2. The molecule has 1 aromatic heterocycles. The summed E-state index contributed by atoms with van der Waals surface area (Å²) in [6.07, 6.45) is 3.20. The molecule has 0 aliphatic carbocycles. The molecule has 19 heavy (non-hydrogen) atoms. The van der Waals surface area contributed by atoms with Gasteiger partial charge in [-0.2, -0.15) is 5.10 Å². The van der Waals surface area contributed by atoms with E-state index < -0.39 is 4.92 Å². The van der Waals surface area contributed by atoms with Crippen LogP contribution in [-0.2, 0) is 0 Å². The molecule has 0 bridgehead atoms. The fourth-order valence-electron chi connectivity index (χ4n) is 1.53. The highest BCUT2D eigenvalue weighted by Gasteiger charge is 2.15. The number of non-ortho nitro benzene ring substituents is 1. The summed E-state index contributed by atoms with van der Waals surface area (Å²) in [5.74, 6) is -0.231. The number of oxime groups is 1. The lowest BCUT2D eigenvalue weighted by Gasteiger charge is -2.07. The van der Waals surface area contributed by atoms with E-state index in [4.69, 9.17) is 10.9 Å². The molecule has 0 aliphatic rings. The summed E-state index contributed by atoms with van der Waals surface area (Å²) in [7, 11) is 0. The zero-order chi connectivity index (χ0) is 14.0. The summed E-state index contributed by atoms with van der Waals surface area (Å²) in [6.45, 7) is 0. The van der Waals surface area contributed by atoms with Crippen LogP contribution >= 0.6 is 15.9 Å². The zero-order valence-corrected chi connectivity index (χ0v) is 11.0. The van der Waals surface area contributed by atoms with Gasteiger partial charge in [-0.15, -0.1) is 0 Å². The average molecular weight is 326 g/mol. The van der Waals surface area contributed by atoms with Crippen molar-refractivity contribution in [3.05, 3.63) is 50.7 Å². The van der Waals surface area contributed by atoms with Crippen LogP contribution in [0, 0.1) is 10.1 Å². The van der Waals surface area contributed by atoms with E-state index in [0.29, 0.717) is 5.69 Å². The molecule has 0 radical (unpaired) electrons. The van der Waals surface area contributed by atoms with E-state index in [9.17, 15) is 10.1 Å². The molecule has 0 amide bonds. The van der Waals surface area contributed by atoms with Crippen LogP contribution < -0.4 is 5.73 Å². The van der Waals surface area contributed by atoms with E-state index in [0.717, 1.165) is 4.47 Å². The second-order valence-corrected chi connectivity index (χ2v) is 4.46. The lowest BCUT2D eigenvalue weighted by molar-refractivity contribution is -0.384. The number of benzene rings is 1. The highest BCUT2D eigenvalue weighted by atomic mass is 79.9. The van der Waals surface area contributed by atoms with Crippen LogP contribution in [0.5, 0.6) is 0 Å². The fraction of sp³-hybridized carbons (Fsp3) is 0. The number of halogens is 1. The third-order valence-electron chi connectivity index (χ3n) is 2.37. The number of nitro groups is 1. The maximum absolute atomic E-state index is 10.7. The number of nitrogens with two attached hydrogens (primary N) is 1. The Morgan fingerprint density at radius 1 is 1.58 bits per heavy atom. The molecule has 2 rings (SSSR count). The molecular weight excluding hydrogens is 318 g/mol. The molecule has 0 atom stereocenters. The van der Waals surface area contributed by atoms with Crippen molar-refractivity contribution in [1.82, 2.24) is 9.78 Å². The molecular formula is C10H8BrN5O3. The Kier molecular flexibility index (Phi) is 3.47. The van der Waals surface area contributed by atoms with E-state index in [1.807, 2.05) is 0 Å². The van der Waals surface area contributed by atoms with Crippen LogP contribution in [-0.4, -0.2) is 25.7 Å². The number of nitrogens with zero attached hydrogens (tertiary/aromatic N) is 4. The number of hydrogen-bond acceptors (Lipinski definition) is 5. The minimum atomic E-state index is -0.559. The highest BCUT2D eigenvalue weighted by Crippen LogP contribution is 2.22. The molecule has 9 heteroatoms. The third kappa shape index (κ3) is 2.55. The Bertz CT molecular complexity index is 667. The maximum Gasteiger partial charge on any atom is 0.270 e. The molecule has 0 saturated carbocycles. The summed E-state index contributed by atoms with van der Waals surface area (Å²) >= 11 is 3.24. The van der Waals surface area contributed by atoms with Gasteiger partial charge in [0.2, 0.25) is 0 Å². The first-order chi connectivity index (χ1) is 9.02. The van der Waals surface area contributed by atoms with Crippen molar-refractivity contribution in [2.75, 3.05) is 0 Å². The van der Waals surface area contributed by atoms with E-state index in [1.165, 1.54) is 22.9 Å². The Morgan fingerprint density at radius 3 is 2.84 bits per heavy atom. The van der Waals surface area contributed by atoms with Gasteiger partial charge in [0.05, 0.1) is 26.8 Å². The van der Waals surface area contributed by atoms with Crippen molar-refractivity contribution >= 4 is 27.5 Å². The maximum atomic E-state index is 10.7. The lowest BCUT2D eigenvalue weighted by atomic mass is 10.1. The summed E-state index contributed by atoms with van der Waals surface area (Å²) in [5, 5.41) is 26.4. The van der Waals surface area contributed by atoms with Gasteiger partial charge < -0.3 is 10.9 Å². The van der Waals surface area contributed by atoms with Crippen molar-refractivity contribution in [2.45, 2.75) is 0 Å². The highest BCUT2D eigenvalue weighted by molar-refractivity contribution is 9.10. The number of rotatable bonds is 3. The molecule has 0 aliphatic heterocycles. The number of aromatic nitrogens is 2. The van der Waals surface area contributed by atoms with Crippen LogP contribution in [0.4, 0.5) is 5.69 Å². The first kappa shape index (κ1) is 13.0. The molecule has 2 aromatic rings. The van der Waals surface area contributed by atoms with Gasteiger partial charge in [-0.05, 0) is 22.0 Å². The van der Waals surface area contributed by atoms with Gasteiger partial charge in [-0.3, -0.25) is 10.1 Å². The fourth-order valence-corrected chi connectivity index (χ4v) is 1.81. The largest absolute Gasteiger partial charge is 0.409 e. The van der Waals surface area contributed by atoms with E-state index in [2.05, 4.69) is 26.2 Å². The minimum absolute atomic E-state index is 0.156. The van der Waals surface area contributed by atoms with E-state index >= 15 is 0 Å². The topological polar surface area (TPSA) is 120 Å². The van der Waals surface area contributed by atoms with Gasteiger partial charge in [0, 0.05) is 18.3 Å². The molecule has 1 heterocycles. The molecule has 0 spiro atoms. The van der Waals surface area contributed by atoms with Crippen molar-refractivity contribution in [1.29, 1.82) is 0 Å². The van der Waals surface area contributed by atoms with Gasteiger partial charge in [0.25, 0.3) is 5.69 Å². The average Bonchev–Trinajstić information content (AvgIpc) is 2.83. The van der Waals surface area contributed by atoms with Crippen molar-refractivity contribution in [2.24, 2.45) is 10.9 Å². The van der Waals surface area contributed by atoms with E-state index in [-0.39, 0.29) is 17.1 Å². The van der Waals surface area contributed by atoms with Crippen LogP contribution in [0.15, 0.2) is 40.2 Å². The molecule has 0 fully saturated rings. The van der Waals surface area contributed by atoms with Gasteiger partial charge in [-0.25, -0.2) is 4.68 Å². The Morgan fingerprint density at radius 2 is 2.32 bits per heavy atom. The number of amidine groups is 1. The number of nitro benzene ring substituents is 1. The molecule has 0 saturated heterocycles. The van der Waals surface area contributed by atoms with Gasteiger partial charge in [-0.1, -0.05) is 5.16 Å². The van der Waals surface area contributed by atoms with E-state index in [1.54, 1.807) is 12.4 Å². The summed E-state index contributed by atoms with van der Waals surface area (Å²) in [5.41, 5.74) is 6.06.